The topological polar surface area (TPSA) is 20.2 Å². The van der Waals surface area contributed by atoms with Gasteiger partial charge >= 0.3 is 0 Å². The molecule has 0 saturated heterocycles. The summed E-state index contributed by atoms with van der Waals surface area (Å²) in [5.41, 5.74) is 1.59. The first-order chi connectivity index (χ1) is 6.21. The Balaban J connectivity index is 2.37. The molecule has 0 amide bonds. The van der Waals surface area contributed by atoms with Gasteiger partial charge in [0.25, 0.3) is 0 Å². The number of aliphatic hydroxyl groups is 1. The minimum atomic E-state index is -0.703. The van der Waals surface area contributed by atoms with Crippen LogP contribution in [0.4, 0.5) is 0 Å². The predicted octanol–water partition coefficient (Wildman–Crippen LogP) is 2.61. The normalized spacial score (nSPS) is 27.4. The largest absolute Gasteiger partial charge is 0.381 e. The smallest absolute Gasteiger partial charge is 0.108 e. The van der Waals surface area contributed by atoms with Crippen molar-refractivity contribution in [2.45, 2.75) is 25.4 Å². The summed E-state index contributed by atoms with van der Waals surface area (Å²) in [5.74, 6) is 0. The molecule has 68 valence electrons. The summed E-state index contributed by atoms with van der Waals surface area (Å²) in [6.45, 7) is 2.07. The monoisotopic (exact) mass is 174 g/mol. The van der Waals surface area contributed by atoms with E-state index in [0.29, 0.717) is 0 Å². The van der Waals surface area contributed by atoms with Gasteiger partial charge in [0.05, 0.1) is 0 Å². The van der Waals surface area contributed by atoms with Crippen LogP contribution in [0, 0.1) is 0 Å². The van der Waals surface area contributed by atoms with Gasteiger partial charge in [-0.2, -0.15) is 0 Å². The van der Waals surface area contributed by atoms with E-state index in [2.05, 4.69) is 6.92 Å². The summed E-state index contributed by atoms with van der Waals surface area (Å²) in [6.07, 6.45) is 3.80. The van der Waals surface area contributed by atoms with Crippen LogP contribution in [0.15, 0.2) is 42.0 Å². The van der Waals surface area contributed by atoms with Crippen LogP contribution in [0.3, 0.4) is 0 Å². The molecule has 0 bridgehead atoms. The number of benzene rings is 1. The Bertz CT molecular complexity index is 326. The molecule has 1 atom stereocenters. The molecule has 0 fully saturated rings. The number of hydrogen-bond donors (Lipinski definition) is 1. The Hall–Kier alpha value is -1.08. The molecule has 1 unspecified atom stereocenters. The van der Waals surface area contributed by atoms with Crippen molar-refractivity contribution in [1.82, 2.24) is 0 Å². The highest BCUT2D eigenvalue weighted by atomic mass is 16.3. The molecule has 1 aliphatic carbocycles. The summed E-state index contributed by atoms with van der Waals surface area (Å²) in [5, 5.41) is 10.3. The Morgan fingerprint density at radius 1 is 1.23 bits per heavy atom. The summed E-state index contributed by atoms with van der Waals surface area (Å²) in [4.78, 5) is 0. The maximum atomic E-state index is 10.3. The van der Waals surface area contributed by atoms with Gasteiger partial charge in [-0.1, -0.05) is 35.9 Å². The van der Waals surface area contributed by atoms with Crippen molar-refractivity contribution in [3.63, 3.8) is 0 Å². The first kappa shape index (κ1) is 8.52. The average molecular weight is 174 g/mol. The molecule has 0 aromatic heterocycles. The van der Waals surface area contributed by atoms with Gasteiger partial charge in [-0.25, -0.2) is 0 Å². The highest BCUT2D eigenvalue weighted by Gasteiger charge is 2.30. The second kappa shape index (κ2) is 3.00. The van der Waals surface area contributed by atoms with E-state index in [0.717, 1.165) is 18.4 Å². The van der Waals surface area contributed by atoms with Crippen LogP contribution in [-0.2, 0) is 5.60 Å². The van der Waals surface area contributed by atoms with E-state index in [1.165, 1.54) is 5.57 Å². The quantitative estimate of drug-likeness (QED) is 0.649. The van der Waals surface area contributed by atoms with Crippen molar-refractivity contribution in [2.24, 2.45) is 0 Å². The summed E-state index contributed by atoms with van der Waals surface area (Å²) in [7, 11) is 0. The van der Waals surface area contributed by atoms with Crippen LogP contribution in [0.25, 0.3) is 0 Å². The van der Waals surface area contributed by atoms with Crippen molar-refractivity contribution in [3.8, 4) is 0 Å². The number of rotatable bonds is 1. The lowest BCUT2D eigenvalue weighted by molar-refractivity contribution is 0.0895. The predicted molar refractivity (Wildman–Crippen MR) is 53.3 cm³/mol. The second-order valence-electron chi connectivity index (χ2n) is 3.78. The third-order valence-electron chi connectivity index (χ3n) is 2.66. The van der Waals surface area contributed by atoms with E-state index >= 15 is 0 Å². The zero-order chi connectivity index (χ0) is 9.31. The van der Waals surface area contributed by atoms with Crippen LogP contribution in [0.2, 0.25) is 0 Å². The molecule has 0 saturated carbocycles. The van der Waals surface area contributed by atoms with E-state index in [-0.39, 0.29) is 0 Å². The van der Waals surface area contributed by atoms with Gasteiger partial charge < -0.3 is 5.11 Å². The standard InChI is InChI=1S/C12H14O/c1-10-7-8-12(13,9-10)11-5-3-2-4-6-11/h2-6,9,13H,7-8H2,1H3. The van der Waals surface area contributed by atoms with E-state index in [4.69, 9.17) is 0 Å². The van der Waals surface area contributed by atoms with Crippen LogP contribution in [0.1, 0.15) is 25.3 Å². The minimum absolute atomic E-state index is 0.703. The van der Waals surface area contributed by atoms with Gasteiger partial charge in [0.2, 0.25) is 0 Å². The molecule has 0 heterocycles. The van der Waals surface area contributed by atoms with Crippen molar-refractivity contribution in [2.75, 3.05) is 0 Å². The van der Waals surface area contributed by atoms with Gasteiger partial charge in [-0.15, -0.1) is 0 Å². The molecule has 1 heteroatoms. The highest BCUT2D eigenvalue weighted by molar-refractivity contribution is 5.31. The first-order valence-electron chi connectivity index (χ1n) is 4.67. The van der Waals surface area contributed by atoms with Gasteiger partial charge in [0.15, 0.2) is 0 Å². The lowest BCUT2D eigenvalue weighted by Gasteiger charge is -2.20. The van der Waals surface area contributed by atoms with Gasteiger partial charge in [0, 0.05) is 0 Å². The molecule has 1 N–H and O–H groups in total. The first-order valence-corrected chi connectivity index (χ1v) is 4.67. The van der Waals surface area contributed by atoms with Gasteiger partial charge in [-0.05, 0) is 31.4 Å². The van der Waals surface area contributed by atoms with Crippen LogP contribution in [0.5, 0.6) is 0 Å². The van der Waals surface area contributed by atoms with Gasteiger partial charge in [0.1, 0.15) is 5.60 Å². The highest BCUT2D eigenvalue weighted by Crippen LogP contribution is 2.36. The Morgan fingerprint density at radius 2 is 1.92 bits per heavy atom. The third kappa shape index (κ3) is 1.52. The van der Waals surface area contributed by atoms with Crippen LogP contribution < -0.4 is 0 Å². The molecular weight excluding hydrogens is 160 g/mol. The van der Waals surface area contributed by atoms with Crippen LogP contribution in [-0.4, -0.2) is 5.11 Å². The minimum Gasteiger partial charge on any atom is -0.381 e. The molecule has 1 nitrogen and oxygen atoms in total. The van der Waals surface area contributed by atoms with Crippen molar-refractivity contribution < 1.29 is 5.11 Å². The summed E-state index contributed by atoms with van der Waals surface area (Å²) >= 11 is 0. The molecular formula is C12H14O. The molecule has 0 aliphatic heterocycles. The molecule has 0 spiro atoms. The maximum absolute atomic E-state index is 10.3. The van der Waals surface area contributed by atoms with E-state index < -0.39 is 5.60 Å². The zero-order valence-corrected chi connectivity index (χ0v) is 7.83. The number of allylic oxidation sites excluding steroid dienone is 1. The van der Waals surface area contributed by atoms with E-state index in [1.807, 2.05) is 36.4 Å². The molecule has 0 radical (unpaired) electrons. The number of hydrogen-bond acceptors (Lipinski definition) is 1. The lowest BCUT2D eigenvalue weighted by atomic mass is 9.94. The Morgan fingerprint density at radius 3 is 2.46 bits per heavy atom. The van der Waals surface area contributed by atoms with Crippen molar-refractivity contribution in [3.05, 3.63) is 47.5 Å². The Kier molecular flexibility index (Phi) is 1.97. The van der Waals surface area contributed by atoms with Crippen LogP contribution >= 0.6 is 0 Å². The Labute approximate surface area is 78.7 Å². The van der Waals surface area contributed by atoms with Gasteiger partial charge in [-0.3, -0.25) is 0 Å². The summed E-state index contributed by atoms with van der Waals surface area (Å²) < 4.78 is 0. The maximum Gasteiger partial charge on any atom is 0.108 e. The fraction of sp³-hybridized carbons (Fsp3) is 0.333. The fourth-order valence-corrected chi connectivity index (χ4v) is 1.89. The SMILES string of the molecule is CC1=CC(O)(c2ccccc2)CC1. The van der Waals surface area contributed by atoms with Crippen molar-refractivity contribution in [1.29, 1.82) is 0 Å². The molecule has 2 rings (SSSR count). The molecule has 1 aliphatic rings. The lowest BCUT2D eigenvalue weighted by Crippen LogP contribution is -2.19. The molecule has 13 heavy (non-hydrogen) atoms. The fourth-order valence-electron chi connectivity index (χ4n) is 1.89. The molecule has 1 aromatic rings. The third-order valence-corrected chi connectivity index (χ3v) is 2.66. The van der Waals surface area contributed by atoms with E-state index in [9.17, 15) is 5.11 Å². The van der Waals surface area contributed by atoms with Crippen molar-refractivity contribution >= 4 is 0 Å². The average Bonchev–Trinajstić information content (AvgIpc) is 2.49. The zero-order valence-electron chi connectivity index (χ0n) is 7.83. The molecule has 1 aromatic carbocycles. The second-order valence-corrected chi connectivity index (χ2v) is 3.78. The van der Waals surface area contributed by atoms with E-state index in [1.54, 1.807) is 0 Å². The summed E-state index contributed by atoms with van der Waals surface area (Å²) in [6, 6.07) is 9.87.